The highest BCUT2D eigenvalue weighted by Gasteiger charge is 2.23. The first-order valence-electron chi connectivity index (χ1n) is 7.46. The third kappa shape index (κ3) is 4.91. The SMILES string of the molecule is CC(C)Cc1ccc(CNC2CCCS(=O)(=O)C2)cc1. The zero-order valence-corrected chi connectivity index (χ0v) is 13.2. The maximum absolute atomic E-state index is 11.6. The minimum Gasteiger partial charge on any atom is -0.309 e. The summed E-state index contributed by atoms with van der Waals surface area (Å²) in [5.74, 6) is 1.32. The summed E-state index contributed by atoms with van der Waals surface area (Å²) < 4.78 is 23.2. The van der Waals surface area contributed by atoms with Crippen LogP contribution in [0.4, 0.5) is 0 Å². The Hall–Kier alpha value is -0.870. The zero-order valence-electron chi connectivity index (χ0n) is 12.4. The number of nitrogens with one attached hydrogen (secondary N) is 1. The van der Waals surface area contributed by atoms with Gasteiger partial charge in [-0.1, -0.05) is 38.1 Å². The van der Waals surface area contributed by atoms with Crippen molar-refractivity contribution in [2.24, 2.45) is 5.92 Å². The third-order valence-corrected chi connectivity index (χ3v) is 5.55. The summed E-state index contributed by atoms with van der Waals surface area (Å²) in [5.41, 5.74) is 2.59. The molecule has 1 saturated heterocycles. The molecule has 0 aromatic heterocycles. The van der Waals surface area contributed by atoms with Gasteiger partial charge in [0.2, 0.25) is 0 Å². The Kier molecular flexibility index (Phi) is 5.22. The largest absolute Gasteiger partial charge is 0.309 e. The van der Waals surface area contributed by atoms with Gasteiger partial charge in [-0.25, -0.2) is 8.42 Å². The normalized spacial score (nSPS) is 22.1. The fourth-order valence-corrected chi connectivity index (χ4v) is 4.38. The number of hydrogen-bond acceptors (Lipinski definition) is 3. The van der Waals surface area contributed by atoms with Gasteiger partial charge in [0.1, 0.15) is 0 Å². The van der Waals surface area contributed by atoms with E-state index in [0.717, 1.165) is 25.8 Å². The molecule has 1 N–H and O–H groups in total. The van der Waals surface area contributed by atoms with Crippen molar-refractivity contribution in [3.05, 3.63) is 35.4 Å². The first kappa shape index (κ1) is 15.5. The molecule has 1 atom stereocenters. The molecule has 0 aliphatic carbocycles. The van der Waals surface area contributed by atoms with Crippen molar-refractivity contribution in [2.75, 3.05) is 11.5 Å². The predicted molar refractivity (Wildman–Crippen MR) is 83.5 cm³/mol. The van der Waals surface area contributed by atoms with E-state index in [2.05, 4.69) is 43.4 Å². The molecule has 1 fully saturated rings. The fraction of sp³-hybridized carbons (Fsp3) is 0.625. The lowest BCUT2D eigenvalue weighted by Crippen LogP contribution is -2.39. The van der Waals surface area contributed by atoms with Crippen molar-refractivity contribution in [1.82, 2.24) is 5.32 Å². The van der Waals surface area contributed by atoms with Crippen LogP contribution in [0.15, 0.2) is 24.3 Å². The Morgan fingerprint density at radius 3 is 2.45 bits per heavy atom. The van der Waals surface area contributed by atoms with Gasteiger partial charge in [-0.2, -0.15) is 0 Å². The van der Waals surface area contributed by atoms with E-state index in [9.17, 15) is 8.42 Å². The van der Waals surface area contributed by atoms with E-state index in [0.29, 0.717) is 17.4 Å². The summed E-state index contributed by atoms with van der Waals surface area (Å²) in [6, 6.07) is 8.75. The van der Waals surface area contributed by atoms with E-state index < -0.39 is 9.84 Å². The van der Waals surface area contributed by atoms with E-state index in [1.807, 2.05) is 0 Å². The van der Waals surface area contributed by atoms with Gasteiger partial charge in [0.25, 0.3) is 0 Å². The molecule has 0 spiro atoms. The summed E-state index contributed by atoms with van der Waals surface area (Å²) in [6.07, 6.45) is 2.85. The second-order valence-corrected chi connectivity index (χ2v) is 8.48. The molecule has 2 rings (SSSR count). The van der Waals surface area contributed by atoms with Gasteiger partial charge in [-0.05, 0) is 36.3 Å². The lowest BCUT2D eigenvalue weighted by atomic mass is 10.0. The number of hydrogen-bond donors (Lipinski definition) is 1. The standard InChI is InChI=1S/C16H25NO2S/c1-13(2)10-14-5-7-15(8-6-14)11-17-16-4-3-9-20(18,19)12-16/h5-8,13,16-17H,3-4,9-12H2,1-2H3. The van der Waals surface area contributed by atoms with E-state index in [1.165, 1.54) is 11.1 Å². The highest BCUT2D eigenvalue weighted by atomic mass is 32.2. The molecular weight excluding hydrogens is 270 g/mol. The van der Waals surface area contributed by atoms with Crippen LogP contribution in [0.3, 0.4) is 0 Å². The average molecular weight is 295 g/mol. The smallest absolute Gasteiger partial charge is 0.151 e. The van der Waals surface area contributed by atoms with E-state index in [-0.39, 0.29) is 6.04 Å². The van der Waals surface area contributed by atoms with Crippen LogP contribution >= 0.6 is 0 Å². The number of rotatable bonds is 5. The Labute approximate surface area is 122 Å². The Balaban J connectivity index is 1.85. The summed E-state index contributed by atoms with van der Waals surface area (Å²) in [7, 11) is -2.82. The molecule has 1 aliphatic rings. The maximum Gasteiger partial charge on any atom is 0.151 e. The topological polar surface area (TPSA) is 46.2 Å². The highest BCUT2D eigenvalue weighted by molar-refractivity contribution is 7.91. The molecule has 3 nitrogen and oxygen atoms in total. The Bertz CT molecular complexity index is 520. The third-order valence-electron chi connectivity index (χ3n) is 3.72. The molecule has 20 heavy (non-hydrogen) atoms. The van der Waals surface area contributed by atoms with Gasteiger partial charge in [-0.15, -0.1) is 0 Å². The number of benzene rings is 1. The number of sulfone groups is 1. The van der Waals surface area contributed by atoms with Crippen LogP contribution in [0.1, 0.15) is 37.8 Å². The van der Waals surface area contributed by atoms with Crippen LogP contribution in [0.2, 0.25) is 0 Å². The van der Waals surface area contributed by atoms with Gasteiger partial charge in [0.05, 0.1) is 11.5 Å². The Morgan fingerprint density at radius 2 is 1.85 bits per heavy atom. The van der Waals surface area contributed by atoms with Crippen molar-refractivity contribution in [3.63, 3.8) is 0 Å². The first-order chi connectivity index (χ1) is 9.44. The molecule has 1 unspecified atom stereocenters. The maximum atomic E-state index is 11.6. The molecule has 0 radical (unpaired) electrons. The monoisotopic (exact) mass is 295 g/mol. The van der Waals surface area contributed by atoms with Gasteiger partial charge < -0.3 is 5.32 Å². The Morgan fingerprint density at radius 1 is 1.20 bits per heavy atom. The molecule has 1 heterocycles. The molecular formula is C16H25NO2S. The first-order valence-corrected chi connectivity index (χ1v) is 9.28. The van der Waals surface area contributed by atoms with Crippen LogP contribution in [-0.2, 0) is 22.8 Å². The molecule has 0 bridgehead atoms. The second kappa shape index (κ2) is 6.72. The van der Waals surface area contributed by atoms with E-state index in [1.54, 1.807) is 0 Å². The molecule has 0 saturated carbocycles. The fourth-order valence-electron chi connectivity index (χ4n) is 2.71. The zero-order chi connectivity index (χ0) is 14.6. The molecule has 1 aliphatic heterocycles. The molecule has 4 heteroatoms. The van der Waals surface area contributed by atoms with Crippen LogP contribution in [-0.4, -0.2) is 26.0 Å². The summed E-state index contributed by atoms with van der Waals surface area (Å²) in [6.45, 7) is 5.19. The van der Waals surface area contributed by atoms with Crippen molar-refractivity contribution in [1.29, 1.82) is 0 Å². The molecule has 1 aromatic rings. The predicted octanol–water partition coefficient (Wildman–Crippen LogP) is 2.55. The van der Waals surface area contributed by atoms with Crippen LogP contribution in [0.5, 0.6) is 0 Å². The summed E-state index contributed by atoms with van der Waals surface area (Å²) >= 11 is 0. The molecule has 112 valence electrons. The lowest BCUT2D eigenvalue weighted by Gasteiger charge is -2.23. The minimum atomic E-state index is -2.82. The van der Waals surface area contributed by atoms with Crippen LogP contribution in [0.25, 0.3) is 0 Å². The quantitative estimate of drug-likeness (QED) is 0.908. The second-order valence-electron chi connectivity index (χ2n) is 6.25. The summed E-state index contributed by atoms with van der Waals surface area (Å²) in [5, 5.41) is 3.37. The van der Waals surface area contributed by atoms with Crippen LogP contribution in [0, 0.1) is 5.92 Å². The van der Waals surface area contributed by atoms with Crippen molar-refractivity contribution in [2.45, 2.75) is 45.7 Å². The van der Waals surface area contributed by atoms with Gasteiger partial charge >= 0.3 is 0 Å². The van der Waals surface area contributed by atoms with Gasteiger partial charge in [0, 0.05) is 12.6 Å². The molecule has 1 aromatic carbocycles. The van der Waals surface area contributed by atoms with Gasteiger partial charge in [0.15, 0.2) is 9.84 Å². The highest BCUT2D eigenvalue weighted by Crippen LogP contribution is 2.14. The van der Waals surface area contributed by atoms with E-state index in [4.69, 9.17) is 0 Å². The van der Waals surface area contributed by atoms with E-state index >= 15 is 0 Å². The minimum absolute atomic E-state index is 0.115. The average Bonchev–Trinajstić information content (AvgIpc) is 2.36. The lowest BCUT2D eigenvalue weighted by molar-refractivity contribution is 0.480. The van der Waals surface area contributed by atoms with Gasteiger partial charge in [-0.3, -0.25) is 0 Å². The molecule has 0 amide bonds. The van der Waals surface area contributed by atoms with Crippen LogP contribution < -0.4 is 5.32 Å². The van der Waals surface area contributed by atoms with Crippen molar-refractivity contribution < 1.29 is 8.42 Å². The van der Waals surface area contributed by atoms with Crippen molar-refractivity contribution >= 4 is 9.84 Å². The van der Waals surface area contributed by atoms with Crippen molar-refractivity contribution in [3.8, 4) is 0 Å². The summed E-state index contributed by atoms with van der Waals surface area (Å²) in [4.78, 5) is 0.